The van der Waals surface area contributed by atoms with Gasteiger partial charge in [-0.1, -0.05) is 31.7 Å². The molecule has 3 nitrogen and oxygen atoms in total. The lowest BCUT2D eigenvalue weighted by Crippen LogP contribution is -2.00. The molecule has 0 radical (unpaired) electrons. The van der Waals surface area contributed by atoms with E-state index < -0.39 is 5.97 Å². The van der Waals surface area contributed by atoms with Crippen LogP contribution in [-0.2, 0) is 4.79 Å². The smallest absolute Gasteiger partial charge is 0.328 e. The Kier molecular flexibility index (Phi) is 5.01. The maximum absolute atomic E-state index is 10.5. The van der Waals surface area contributed by atoms with E-state index in [2.05, 4.69) is 6.58 Å². The predicted octanol–water partition coefficient (Wildman–Crippen LogP) is 3.13. The van der Waals surface area contributed by atoms with E-state index in [4.69, 9.17) is 9.84 Å². The Morgan fingerprint density at radius 2 is 2.18 bits per heavy atom. The monoisotopic (exact) mass is 232 g/mol. The summed E-state index contributed by atoms with van der Waals surface area (Å²) in [6.07, 6.45) is 3.48. The number of aliphatic carboxylic acids is 1. The second kappa shape index (κ2) is 6.53. The summed E-state index contributed by atoms with van der Waals surface area (Å²) in [4.78, 5) is 10.5. The van der Waals surface area contributed by atoms with Crippen LogP contribution in [0.3, 0.4) is 0 Å². The van der Waals surface area contributed by atoms with Crippen molar-refractivity contribution in [1.82, 2.24) is 0 Å². The zero-order valence-electron chi connectivity index (χ0n) is 9.85. The van der Waals surface area contributed by atoms with E-state index in [1.165, 1.54) is 6.08 Å². The quantitative estimate of drug-likeness (QED) is 0.605. The first kappa shape index (κ1) is 13.0. The predicted molar refractivity (Wildman–Crippen MR) is 68.0 cm³/mol. The van der Waals surface area contributed by atoms with Crippen molar-refractivity contribution in [3.8, 4) is 5.75 Å². The molecule has 0 unspecified atom stereocenters. The minimum atomic E-state index is -0.974. The molecule has 0 spiro atoms. The number of benzene rings is 1. The van der Waals surface area contributed by atoms with Crippen LogP contribution in [0.2, 0.25) is 0 Å². The lowest BCUT2D eigenvalue weighted by atomic mass is 10.2. The first-order valence-corrected chi connectivity index (χ1v) is 5.43. The lowest BCUT2D eigenvalue weighted by molar-refractivity contribution is -0.131. The van der Waals surface area contributed by atoms with Gasteiger partial charge >= 0.3 is 5.97 Å². The van der Waals surface area contributed by atoms with Gasteiger partial charge in [0.25, 0.3) is 0 Å². The van der Waals surface area contributed by atoms with Crippen LogP contribution in [0.1, 0.15) is 18.9 Å². The average Bonchev–Trinajstić information content (AvgIpc) is 2.34. The Labute approximate surface area is 101 Å². The van der Waals surface area contributed by atoms with Crippen molar-refractivity contribution in [3.05, 3.63) is 48.1 Å². The summed E-state index contributed by atoms with van der Waals surface area (Å²) in [5.74, 6) is -0.308. The van der Waals surface area contributed by atoms with Crippen molar-refractivity contribution in [2.24, 2.45) is 0 Å². The van der Waals surface area contributed by atoms with E-state index in [0.29, 0.717) is 12.4 Å². The van der Waals surface area contributed by atoms with Crippen LogP contribution in [0.5, 0.6) is 5.75 Å². The van der Waals surface area contributed by atoms with Gasteiger partial charge in [-0.15, -0.1) is 0 Å². The normalized spacial score (nSPS) is 10.4. The maximum Gasteiger partial charge on any atom is 0.328 e. The number of carbonyl (C=O) groups is 1. The molecule has 1 rings (SSSR count). The van der Waals surface area contributed by atoms with E-state index >= 15 is 0 Å². The summed E-state index contributed by atoms with van der Waals surface area (Å²) < 4.78 is 5.58. The van der Waals surface area contributed by atoms with Gasteiger partial charge in [0.15, 0.2) is 0 Å². The van der Waals surface area contributed by atoms with Gasteiger partial charge in [0.05, 0.1) is 0 Å². The molecule has 0 aliphatic carbocycles. The molecule has 0 amide bonds. The van der Waals surface area contributed by atoms with Gasteiger partial charge in [0.2, 0.25) is 0 Å². The van der Waals surface area contributed by atoms with Crippen LogP contribution in [0.25, 0.3) is 6.08 Å². The molecule has 0 aromatic heterocycles. The van der Waals surface area contributed by atoms with Crippen molar-refractivity contribution < 1.29 is 14.6 Å². The Morgan fingerprint density at radius 3 is 2.82 bits per heavy atom. The molecule has 0 fully saturated rings. The summed E-state index contributed by atoms with van der Waals surface area (Å²) in [5, 5.41) is 8.58. The Morgan fingerprint density at radius 1 is 1.47 bits per heavy atom. The standard InChI is InChI=1S/C14H16O3/c1-3-11(2)10-17-13-7-5-4-6-12(13)8-9-14(15)16/h4-9H,2-3,10H2,1H3,(H,15,16). The van der Waals surface area contributed by atoms with Gasteiger partial charge < -0.3 is 9.84 Å². The van der Waals surface area contributed by atoms with Crippen LogP contribution in [0.15, 0.2) is 42.5 Å². The third-order valence-corrected chi connectivity index (χ3v) is 2.26. The second-order valence-electron chi connectivity index (χ2n) is 3.60. The topological polar surface area (TPSA) is 46.5 Å². The third kappa shape index (κ3) is 4.55. The summed E-state index contributed by atoms with van der Waals surface area (Å²) in [7, 11) is 0. The fourth-order valence-corrected chi connectivity index (χ4v) is 1.19. The third-order valence-electron chi connectivity index (χ3n) is 2.26. The van der Waals surface area contributed by atoms with Crippen molar-refractivity contribution in [2.75, 3.05) is 6.61 Å². The van der Waals surface area contributed by atoms with Gasteiger partial charge in [0, 0.05) is 11.6 Å². The molecule has 0 atom stereocenters. The molecule has 0 saturated heterocycles. The number of carboxylic acid groups (broad SMARTS) is 1. The molecule has 17 heavy (non-hydrogen) atoms. The number of carboxylic acids is 1. The first-order chi connectivity index (χ1) is 8.13. The van der Waals surface area contributed by atoms with Crippen molar-refractivity contribution in [3.63, 3.8) is 0 Å². The number of hydrogen-bond donors (Lipinski definition) is 1. The summed E-state index contributed by atoms with van der Waals surface area (Å²) in [5.41, 5.74) is 1.75. The highest BCUT2D eigenvalue weighted by Gasteiger charge is 2.01. The first-order valence-electron chi connectivity index (χ1n) is 5.43. The molecule has 1 aromatic carbocycles. The van der Waals surface area contributed by atoms with Crippen molar-refractivity contribution in [1.29, 1.82) is 0 Å². The van der Waals surface area contributed by atoms with Gasteiger partial charge in [-0.3, -0.25) is 0 Å². The Balaban J connectivity index is 2.77. The van der Waals surface area contributed by atoms with E-state index in [0.717, 1.165) is 23.6 Å². The SMILES string of the molecule is C=C(CC)COc1ccccc1C=CC(=O)O. The largest absolute Gasteiger partial charge is 0.489 e. The molecule has 3 heteroatoms. The number of rotatable bonds is 6. The fraction of sp³-hybridized carbons (Fsp3) is 0.214. The van der Waals surface area contributed by atoms with E-state index in [-0.39, 0.29) is 0 Å². The highest BCUT2D eigenvalue weighted by Crippen LogP contribution is 2.20. The molecule has 1 N–H and O–H groups in total. The molecule has 90 valence electrons. The van der Waals surface area contributed by atoms with E-state index in [1.807, 2.05) is 31.2 Å². The van der Waals surface area contributed by atoms with E-state index in [9.17, 15) is 4.79 Å². The minimum Gasteiger partial charge on any atom is -0.489 e. The molecule has 0 heterocycles. The number of ether oxygens (including phenoxy) is 1. The lowest BCUT2D eigenvalue weighted by Gasteiger charge is -2.09. The van der Waals surface area contributed by atoms with Gasteiger partial charge in [-0.05, 0) is 24.1 Å². The van der Waals surface area contributed by atoms with E-state index in [1.54, 1.807) is 0 Å². The van der Waals surface area contributed by atoms with Crippen LogP contribution in [0, 0.1) is 0 Å². The van der Waals surface area contributed by atoms with Crippen molar-refractivity contribution in [2.45, 2.75) is 13.3 Å². The highest BCUT2D eigenvalue weighted by molar-refractivity contribution is 5.85. The molecular formula is C14H16O3. The zero-order chi connectivity index (χ0) is 12.7. The molecule has 0 aliphatic rings. The van der Waals surface area contributed by atoms with Gasteiger partial charge in [-0.2, -0.15) is 0 Å². The Bertz CT molecular complexity index is 433. The minimum absolute atomic E-state index is 0.453. The molecule has 0 saturated carbocycles. The summed E-state index contributed by atoms with van der Waals surface area (Å²) >= 11 is 0. The molecular weight excluding hydrogens is 216 g/mol. The molecule has 1 aromatic rings. The second-order valence-corrected chi connectivity index (χ2v) is 3.60. The maximum atomic E-state index is 10.5. The van der Waals surface area contributed by atoms with Crippen LogP contribution in [-0.4, -0.2) is 17.7 Å². The summed E-state index contributed by atoms with van der Waals surface area (Å²) in [6, 6.07) is 7.30. The number of hydrogen-bond acceptors (Lipinski definition) is 2. The average molecular weight is 232 g/mol. The van der Waals surface area contributed by atoms with Gasteiger partial charge in [-0.25, -0.2) is 4.79 Å². The number of para-hydroxylation sites is 1. The van der Waals surface area contributed by atoms with Gasteiger partial charge in [0.1, 0.15) is 12.4 Å². The Hall–Kier alpha value is -2.03. The van der Waals surface area contributed by atoms with Crippen LogP contribution < -0.4 is 4.74 Å². The van der Waals surface area contributed by atoms with Crippen LogP contribution in [0.4, 0.5) is 0 Å². The fourth-order valence-electron chi connectivity index (χ4n) is 1.19. The highest BCUT2D eigenvalue weighted by atomic mass is 16.5. The van der Waals surface area contributed by atoms with Crippen molar-refractivity contribution >= 4 is 12.0 Å². The summed E-state index contributed by atoms with van der Waals surface area (Å²) in [6.45, 7) is 6.32. The van der Waals surface area contributed by atoms with Crippen LogP contribution >= 0.6 is 0 Å². The molecule has 0 aliphatic heterocycles. The zero-order valence-corrected chi connectivity index (χ0v) is 9.85. The molecule has 0 bridgehead atoms.